The molecule has 0 amide bonds. The zero-order chi connectivity index (χ0) is 15.0. The van der Waals surface area contributed by atoms with E-state index in [1.165, 1.54) is 0 Å². The normalized spacial score (nSPS) is 28.5. The highest BCUT2D eigenvalue weighted by molar-refractivity contribution is 14.0. The molecule has 22 heavy (non-hydrogen) atoms. The van der Waals surface area contributed by atoms with Gasteiger partial charge >= 0.3 is 0 Å². The van der Waals surface area contributed by atoms with Crippen LogP contribution in [0.3, 0.4) is 0 Å². The predicted octanol–water partition coefficient (Wildman–Crippen LogP) is 1.13. The van der Waals surface area contributed by atoms with Gasteiger partial charge in [-0.15, -0.1) is 24.0 Å². The first-order valence-corrected chi connectivity index (χ1v) is 8.10. The average molecular weight is 427 g/mol. The monoisotopic (exact) mass is 427 g/mol. The highest BCUT2D eigenvalue weighted by Gasteiger charge is 2.34. The molecule has 2 saturated heterocycles. The van der Waals surface area contributed by atoms with Crippen LogP contribution in [-0.2, 0) is 9.47 Å². The van der Waals surface area contributed by atoms with Crippen LogP contribution in [0.5, 0.6) is 0 Å². The minimum atomic E-state index is 0. The third-order valence-corrected chi connectivity index (χ3v) is 4.27. The zero-order valence-corrected chi connectivity index (χ0v) is 15.8. The van der Waals surface area contributed by atoms with Gasteiger partial charge in [-0.3, -0.25) is 4.99 Å². The average Bonchev–Trinajstić information content (AvgIpc) is 3.14. The molecule has 6 nitrogen and oxygen atoms in total. The third-order valence-electron chi connectivity index (χ3n) is 4.27. The molecule has 0 aliphatic carbocycles. The van der Waals surface area contributed by atoms with Crippen LogP contribution in [0.25, 0.3) is 0 Å². The number of hydrogen-bond donors (Lipinski definition) is 3. The summed E-state index contributed by atoms with van der Waals surface area (Å²) in [6.45, 7) is 6.92. The van der Waals surface area contributed by atoms with E-state index in [-0.39, 0.29) is 36.0 Å². The molecular formula is C15H30IN3O3. The van der Waals surface area contributed by atoms with Gasteiger partial charge in [0.1, 0.15) is 0 Å². The second-order valence-electron chi connectivity index (χ2n) is 5.99. The van der Waals surface area contributed by atoms with Gasteiger partial charge in [0, 0.05) is 38.3 Å². The van der Waals surface area contributed by atoms with Crippen LogP contribution in [0.2, 0.25) is 0 Å². The van der Waals surface area contributed by atoms with Crippen LogP contribution >= 0.6 is 24.0 Å². The van der Waals surface area contributed by atoms with Gasteiger partial charge in [0.15, 0.2) is 5.96 Å². The first-order chi connectivity index (χ1) is 10.3. The Balaban J connectivity index is 0.00000242. The molecule has 0 aromatic heterocycles. The Morgan fingerprint density at radius 1 is 1.36 bits per heavy atom. The van der Waals surface area contributed by atoms with Crippen molar-refractivity contribution < 1.29 is 14.6 Å². The summed E-state index contributed by atoms with van der Waals surface area (Å²) in [4.78, 5) is 4.69. The summed E-state index contributed by atoms with van der Waals surface area (Å²) in [6, 6.07) is 0. The van der Waals surface area contributed by atoms with Crippen LogP contribution in [0.15, 0.2) is 4.99 Å². The number of rotatable bonds is 7. The van der Waals surface area contributed by atoms with Gasteiger partial charge in [0.05, 0.1) is 19.3 Å². The Morgan fingerprint density at radius 3 is 2.82 bits per heavy atom. The van der Waals surface area contributed by atoms with Gasteiger partial charge in [-0.05, 0) is 32.6 Å². The van der Waals surface area contributed by atoms with E-state index in [2.05, 4.69) is 17.6 Å². The maximum atomic E-state index is 9.26. The smallest absolute Gasteiger partial charge is 0.191 e. The molecule has 3 N–H and O–H groups in total. The molecule has 0 bridgehead atoms. The van der Waals surface area contributed by atoms with Crippen molar-refractivity contribution in [2.24, 2.45) is 10.4 Å². The Bertz CT molecular complexity index is 330. The minimum Gasteiger partial charge on any atom is -0.396 e. The number of ether oxygens (including phenoxy) is 2. The largest absolute Gasteiger partial charge is 0.396 e. The molecule has 0 aromatic rings. The zero-order valence-electron chi connectivity index (χ0n) is 13.5. The van der Waals surface area contributed by atoms with Crippen LogP contribution in [0.1, 0.15) is 32.6 Å². The SMILES string of the molecule is CCNC(=NCC1(CCO)CCOC1)NCC1CCCO1.I. The lowest BCUT2D eigenvalue weighted by Gasteiger charge is -2.25. The number of hydrogen-bond acceptors (Lipinski definition) is 4. The number of guanidine groups is 1. The van der Waals surface area contributed by atoms with Crippen molar-refractivity contribution in [3.8, 4) is 0 Å². The van der Waals surface area contributed by atoms with Crippen molar-refractivity contribution in [3.05, 3.63) is 0 Å². The molecule has 0 aromatic carbocycles. The molecule has 2 rings (SSSR count). The molecule has 7 heteroatoms. The molecule has 0 spiro atoms. The second kappa shape index (κ2) is 10.6. The van der Waals surface area contributed by atoms with E-state index >= 15 is 0 Å². The number of nitrogens with zero attached hydrogens (tertiary/aromatic N) is 1. The number of nitrogens with one attached hydrogen (secondary N) is 2. The highest BCUT2D eigenvalue weighted by atomic mass is 127. The maximum absolute atomic E-state index is 9.26. The van der Waals surface area contributed by atoms with Crippen molar-refractivity contribution in [1.29, 1.82) is 0 Å². The van der Waals surface area contributed by atoms with Gasteiger partial charge in [-0.25, -0.2) is 0 Å². The molecule has 2 heterocycles. The molecule has 0 radical (unpaired) electrons. The quantitative estimate of drug-likeness (QED) is 0.323. The number of aliphatic hydroxyl groups excluding tert-OH is 1. The summed E-state index contributed by atoms with van der Waals surface area (Å²) in [5, 5.41) is 15.9. The summed E-state index contributed by atoms with van der Waals surface area (Å²) < 4.78 is 11.1. The molecule has 0 saturated carbocycles. The lowest BCUT2D eigenvalue weighted by atomic mass is 9.84. The Kier molecular flexibility index (Phi) is 9.62. The van der Waals surface area contributed by atoms with E-state index in [0.717, 1.165) is 57.9 Å². The van der Waals surface area contributed by atoms with Gasteiger partial charge in [-0.1, -0.05) is 0 Å². The predicted molar refractivity (Wildman–Crippen MR) is 97.9 cm³/mol. The van der Waals surface area contributed by atoms with Crippen LogP contribution in [0, 0.1) is 5.41 Å². The summed E-state index contributed by atoms with van der Waals surface area (Å²) in [5.74, 6) is 0.831. The molecule has 130 valence electrons. The molecular weight excluding hydrogens is 397 g/mol. The van der Waals surface area contributed by atoms with E-state index < -0.39 is 0 Å². The molecule has 2 aliphatic rings. The van der Waals surface area contributed by atoms with E-state index in [9.17, 15) is 5.11 Å². The first-order valence-electron chi connectivity index (χ1n) is 8.10. The minimum absolute atomic E-state index is 0. The van der Waals surface area contributed by atoms with Crippen LogP contribution in [0.4, 0.5) is 0 Å². The van der Waals surface area contributed by atoms with Crippen molar-refractivity contribution in [2.45, 2.75) is 38.7 Å². The van der Waals surface area contributed by atoms with Crippen molar-refractivity contribution in [2.75, 3.05) is 46.1 Å². The standard InChI is InChI=1S/C15H29N3O3.HI/c1-2-16-14(17-10-13-4-3-8-21-13)18-11-15(5-7-19)6-9-20-12-15;/h13,19H,2-12H2,1H3,(H2,16,17,18);1H. The lowest BCUT2D eigenvalue weighted by Crippen LogP contribution is -2.42. The maximum Gasteiger partial charge on any atom is 0.191 e. The van der Waals surface area contributed by atoms with Crippen molar-refractivity contribution >= 4 is 29.9 Å². The van der Waals surface area contributed by atoms with Gasteiger partial charge in [0.25, 0.3) is 0 Å². The third kappa shape index (κ3) is 6.17. The summed E-state index contributed by atoms with van der Waals surface area (Å²) in [5.41, 5.74) is 0.000952. The lowest BCUT2D eigenvalue weighted by molar-refractivity contribution is 0.113. The Labute approximate surface area is 150 Å². The highest BCUT2D eigenvalue weighted by Crippen LogP contribution is 2.32. The van der Waals surface area contributed by atoms with E-state index in [4.69, 9.17) is 14.5 Å². The Morgan fingerprint density at radius 2 is 2.23 bits per heavy atom. The van der Waals surface area contributed by atoms with Crippen LogP contribution < -0.4 is 10.6 Å². The summed E-state index contributed by atoms with van der Waals surface area (Å²) >= 11 is 0. The van der Waals surface area contributed by atoms with E-state index in [1.807, 2.05) is 0 Å². The van der Waals surface area contributed by atoms with Gasteiger partial charge in [0.2, 0.25) is 0 Å². The molecule has 2 atom stereocenters. The first kappa shape index (κ1) is 19.9. The summed E-state index contributed by atoms with van der Waals surface area (Å²) in [7, 11) is 0. The fourth-order valence-electron chi connectivity index (χ4n) is 2.89. The second-order valence-corrected chi connectivity index (χ2v) is 5.99. The molecule has 2 unspecified atom stereocenters. The van der Waals surface area contributed by atoms with Gasteiger partial charge in [-0.2, -0.15) is 0 Å². The fraction of sp³-hybridized carbons (Fsp3) is 0.933. The van der Waals surface area contributed by atoms with Gasteiger partial charge < -0.3 is 25.2 Å². The van der Waals surface area contributed by atoms with Crippen molar-refractivity contribution in [3.63, 3.8) is 0 Å². The van der Waals surface area contributed by atoms with Crippen LogP contribution in [-0.4, -0.2) is 63.2 Å². The van der Waals surface area contributed by atoms with E-state index in [0.29, 0.717) is 19.3 Å². The van der Waals surface area contributed by atoms with E-state index in [1.54, 1.807) is 0 Å². The topological polar surface area (TPSA) is 75.1 Å². The number of aliphatic hydroxyl groups is 1. The number of aliphatic imine (C=N–C) groups is 1. The fourth-order valence-corrected chi connectivity index (χ4v) is 2.89. The van der Waals surface area contributed by atoms with Crippen molar-refractivity contribution in [1.82, 2.24) is 10.6 Å². The Hall–Kier alpha value is -0.120. The number of halogens is 1. The summed E-state index contributed by atoms with van der Waals surface area (Å²) in [6.07, 6.45) is 4.30. The molecule has 2 fully saturated rings. The molecule has 2 aliphatic heterocycles.